The van der Waals surface area contributed by atoms with Crippen LogP contribution in [0.1, 0.15) is 34.8 Å². The molecule has 1 aromatic carbocycles. The summed E-state index contributed by atoms with van der Waals surface area (Å²) in [6.45, 7) is 0.723. The van der Waals surface area contributed by atoms with E-state index >= 15 is 0 Å². The molecule has 1 aromatic heterocycles. The molecule has 1 unspecified atom stereocenters. The minimum atomic E-state index is -0.0311. The Balaban J connectivity index is 1.87. The summed E-state index contributed by atoms with van der Waals surface area (Å²) in [6, 6.07) is 9.16. The molecule has 0 N–H and O–H groups in total. The summed E-state index contributed by atoms with van der Waals surface area (Å²) in [5, 5.41) is 0.379. The van der Waals surface area contributed by atoms with Crippen molar-refractivity contribution in [3.05, 3.63) is 52.8 Å². The number of halogens is 1. The minimum absolute atomic E-state index is 0.0213. The lowest BCUT2D eigenvalue weighted by molar-refractivity contribution is 0.0735. The zero-order valence-electron chi connectivity index (χ0n) is 13.7. The number of hydrogen-bond acceptors (Lipinski definition) is 4. The maximum Gasteiger partial charge on any atom is 0.255 e. The van der Waals surface area contributed by atoms with Crippen molar-refractivity contribution in [1.82, 2.24) is 9.88 Å². The van der Waals surface area contributed by atoms with E-state index in [1.807, 2.05) is 23.1 Å². The number of hydrogen-bond donors (Lipinski definition) is 0. The van der Waals surface area contributed by atoms with Gasteiger partial charge in [-0.1, -0.05) is 17.7 Å². The SMILES string of the molecule is COc1ccc(C2CCCN2C(=O)c2ccc(Cl)nc2)cc1OC. The number of likely N-dealkylation sites (tertiary alicyclic amines) is 1. The van der Waals surface area contributed by atoms with Gasteiger partial charge in [-0.3, -0.25) is 4.79 Å². The number of ether oxygens (including phenoxy) is 2. The molecule has 24 heavy (non-hydrogen) atoms. The molecule has 1 aliphatic heterocycles. The van der Waals surface area contributed by atoms with Gasteiger partial charge in [-0.2, -0.15) is 0 Å². The molecule has 1 aliphatic rings. The Kier molecular flexibility index (Phi) is 4.90. The van der Waals surface area contributed by atoms with Crippen molar-refractivity contribution in [2.24, 2.45) is 0 Å². The molecule has 0 saturated carbocycles. The van der Waals surface area contributed by atoms with Crippen molar-refractivity contribution >= 4 is 17.5 Å². The number of nitrogens with zero attached hydrogens (tertiary/aromatic N) is 2. The largest absolute Gasteiger partial charge is 0.493 e. The van der Waals surface area contributed by atoms with E-state index < -0.39 is 0 Å². The van der Waals surface area contributed by atoms with Crippen molar-refractivity contribution in [2.75, 3.05) is 20.8 Å². The van der Waals surface area contributed by atoms with Gasteiger partial charge >= 0.3 is 0 Å². The standard InChI is InChI=1S/C18H19ClN2O3/c1-23-15-7-5-12(10-16(15)24-2)14-4-3-9-21(14)18(22)13-6-8-17(19)20-11-13/h5-8,10-11,14H,3-4,9H2,1-2H3. The predicted octanol–water partition coefficient (Wildman–Crippen LogP) is 3.73. The van der Waals surface area contributed by atoms with Crippen molar-refractivity contribution in [3.63, 3.8) is 0 Å². The summed E-state index contributed by atoms with van der Waals surface area (Å²) in [5.41, 5.74) is 1.59. The molecule has 1 saturated heterocycles. The highest BCUT2D eigenvalue weighted by atomic mass is 35.5. The van der Waals surface area contributed by atoms with Gasteiger partial charge in [0.1, 0.15) is 5.15 Å². The quantitative estimate of drug-likeness (QED) is 0.791. The Bertz CT molecular complexity index is 734. The molecule has 0 spiro atoms. The lowest BCUT2D eigenvalue weighted by Crippen LogP contribution is -2.30. The third-order valence-corrected chi connectivity index (χ3v) is 4.50. The molecular weight excluding hydrogens is 328 g/mol. The van der Waals surface area contributed by atoms with Gasteiger partial charge in [-0.15, -0.1) is 0 Å². The maximum atomic E-state index is 12.8. The van der Waals surface area contributed by atoms with Crippen LogP contribution in [0.3, 0.4) is 0 Å². The summed E-state index contributed by atoms with van der Waals surface area (Å²) >= 11 is 5.80. The van der Waals surface area contributed by atoms with E-state index in [-0.39, 0.29) is 11.9 Å². The van der Waals surface area contributed by atoms with E-state index in [4.69, 9.17) is 21.1 Å². The van der Waals surface area contributed by atoms with Crippen LogP contribution in [0.4, 0.5) is 0 Å². The zero-order valence-corrected chi connectivity index (χ0v) is 14.4. The molecule has 1 amide bonds. The first-order valence-corrected chi connectivity index (χ1v) is 8.16. The summed E-state index contributed by atoms with van der Waals surface area (Å²) in [7, 11) is 3.22. The zero-order chi connectivity index (χ0) is 17.1. The topological polar surface area (TPSA) is 51.7 Å². The van der Waals surface area contributed by atoms with Crippen LogP contribution in [0, 0.1) is 0 Å². The number of rotatable bonds is 4. The average molecular weight is 347 g/mol. The summed E-state index contributed by atoms with van der Waals surface area (Å²) in [5.74, 6) is 1.32. The van der Waals surface area contributed by atoms with Crippen LogP contribution in [-0.2, 0) is 0 Å². The fourth-order valence-corrected chi connectivity index (χ4v) is 3.20. The van der Waals surface area contributed by atoms with Gasteiger partial charge in [0.05, 0.1) is 25.8 Å². The number of aromatic nitrogens is 1. The minimum Gasteiger partial charge on any atom is -0.493 e. The van der Waals surface area contributed by atoms with E-state index in [0.717, 1.165) is 24.9 Å². The van der Waals surface area contributed by atoms with Gasteiger partial charge < -0.3 is 14.4 Å². The van der Waals surface area contributed by atoms with Crippen LogP contribution >= 0.6 is 11.6 Å². The Hall–Kier alpha value is -2.27. The van der Waals surface area contributed by atoms with Crippen LogP contribution in [0.2, 0.25) is 5.15 Å². The third-order valence-electron chi connectivity index (χ3n) is 4.28. The number of pyridine rings is 1. The van der Waals surface area contributed by atoms with Crippen LogP contribution in [0.5, 0.6) is 11.5 Å². The Morgan fingerprint density at radius 2 is 2.00 bits per heavy atom. The Morgan fingerprint density at radius 3 is 2.67 bits per heavy atom. The van der Waals surface area contributed by atoms with Crippen molar-refractivity contribution in [1.29, 1.82) is 0 Å². The van der Waals surface area contributed by atoms with Gasteiger partial charge in [0, 0.05) is 12.7 Å². The molecule has 0 radical (unpaired) electrons. The first kappa shape index (κ1) is 16.6. The highest BCUT2D eigenvalue weighted by Gasteiger charge is 2.31. The van der Waals surface area contributed by atoms with E-state index in [1.54, 1.807) is 26.4 Å². The number of carbonyl (C=O) groups is 1. The van der Waals surface area contributed by atoms with Crippen LogP contribution in [0.15, 0.2) is 36.5 Å². The number of amides is 1. The van der Waals surface area contributed by atoms with Crippen molar-refractivity contribution in [3.8, 4) is 11.5 Å². The summed E-state index contributed by atoms with van der Waals surface area (Å²) in [4.78, 5) is 18.7. The molecule has 2 heterocycles. The smallest absolute Gasteiger partial charge is 0.255 e. The van der Waals surface area contributed by atoms with Gasteiger partial charge in [0.15, 0.2) is 11.5 Å². The van der Waals surface area contributed by atoms with Crippen LogP contribution in [-0.4, -0.2) is 36.6 Å². The van der Waals surface area contributed by atoms with Gasteiger partial charge in [0.25, 0.3) is 5.91 Å². The highest BCUT2D eigenvalue weighted by Crippen LogP contribution is 2.37. The molecule has 3 rings (SSSR count). The van der Waals surface area contributed by atoms with Crippen LogP contribution < -0.4 is 9.47 Å². The van der Waals surface area contributed by atoms with E-state index in [2.05, 4.69) is 4.98 Å². The lowest BCUT2D eigenvalue weighted by Gasteiger charge is -2.25. The first-order valence-electron chi connectivity index (χ1n) is 7.78. The second-order valence-electron chi connectivity index (χ2n) is 5.64. The summed E-state index contributed by atoms with van der Waals surface area (Å²) < 4.78 is 10.7. The van der Waals surface area contributed by atoms with Crippen molar-refractivity contribution < 1.29 is 14.3 Å². The Labute approximate surface area is 146 Å². The van der Waals surface area contributed by atoms with E-state index in [0.29, 0.717) is 22.2 Å². The number of benzene rings is 1. The monoisotopic (exact) mass is 346 g/mol. The first-order chi connectivity index (χ1) is 11.6. The molecule has 6 heteroatoms. The summed E-state index contributed by atoms with van der Waals surface area (Å²) in [6.07, 6.45) is 3.41. The van der Waals surface area contributed by atoms with E-state index in [9.17, 15) is 4.79 Å². The van der Waals surface area contributed by atoms with E-state index in [1.165, 1.54) is 6.20 Å². The second kappa shape index (κ2) is 7.09. The number of carbonyl (C=O) groups excluding carboxylic acids is 1. The van der Waals surface area contributed by atoms with Gasteiger partial charge in [-0.05, 0) is 42.7 Å². The number of methoxy groups -OCH3 is 2. The fraction of sp³-hybridized carbons (Fsp3) is 0.333. The third kappa shape index (κ3) is 3.17. The molecule has 1 atom stereocenters. The molecule has 0 bridgehead atoms. The maximum absolute atomic E-state index is 12.8. The lowest BCUT2D eigenvalue weighted by atomic mass is 10.0. The Morgan fingerprint density at radius 1 is 1.21 bits per heavy atom. The molecule has 5 nitrogen and oxygen atoms in total. The molecular formula is C18H19ClN2O3. The molecule has 2 aromatic rings. The van der Waals surface area contributed by atoms with Gasteiger partial charge in [0.2, 0.25) is 0 Å². The molecule has 126 valence electrons. The molecule has 1 fully saturated rings. The van der Waals surface area contributed by atoms with Crippen molar-refractivity contribution in [2.45, 2.75) is 18.9 Å². The normalized spacial score (nSPS) is 17.0. The highest BCUT2D eigenvalue weighted by molar-refractivity contribution is 6.29. The molecule has 0 aliphatic carbocycles. The fourth-order valence-electron chi connectivity index (χ4n) is 3.08. The van der Waals surface area contributed by atoms with Gasteiger partial charge in [-0.25, -0.2) is 4.98 Å². The average Bonchev–Trinajstić information content (AvgIpc) is 3.10. The predicted molar refractivity (Wildman–Crippen MR) is 91.8 cm³/mol. The second-order valence-corrected chi connectivity index (χ2v) is 6.03. The van der Waals surface area contributed by atoms with Crippen LogP contribution in [0.25, 0.3) is 0 Å².